The van der Waals surface area contributed by atoms with Gasteiger partial charge >= 0.3 is 0 Å². The quantitative estimate of drug-likeness (QED) is 0.582. The number of thioether (sulfide) groups is 1. The normalized spacial score (nSPS) is 19.5. The number of carbonyl (C=O) groups is 1. The predicted octanol–water partition coefficient (Wildman–Crippen LogP) is 4.23. The van der Waals surface area contributed by atoms with E-state index < -0.39 is 0 Å². The van der Waals surface area contributed by atoms with Crippen molar-refractivity contribution in [1.29, 1.82) is 0 Å². The number of fused-ring (bicyclic) bond motifs is 1. The van der Waals surface area contributed by atoms with Gasteiger partial charge in [-0.25, -0.2) is 0 Å². The maximum atomic E-state index is 12.9. The number of Topliss-reactive ketones (excluding diaryl/α,β-unsaturated/α-hetero) is 1. The Kier molecular flexibility index (Phi) is 5.18. The molecule has 2 aliphatic rings. The molecule has 5 heteroatoms. The van der Waals surface area contributed by atoms with Crippen molar-refractivity contribution in [2.75, 3.05) is 26.1 Å². The number of para-hydroxylation sites is 1. The van der Waals surface area contributed by atoms with Gasteiger partial charge in [0.1, 0.15) is 0 Å². The van der Waals surface area contributed by atoms with Gasteiger partial charge in [0.25, 0.3) is 0 Å². The van der Waals surface area contributed by atoms with Crippen LogP contribution in [-0.4, -0.2) is 36.8 Å². The smallest absolute Gasteiger partial charge is 0.231 e. The molecule has 0 N–H and O–H groups in total. The van der Waals surface area contributed by atoms with Crippen LogP contribution in [-0.2, 0) is 6.54 Å². The first-order valence-electron chi connectivity index (χ1n) is 9.02. The van der Waals surface area contributed by atoms with E-state index in [1.54, 1.807) is 11.8 Å². The van der Waals surface area contributed by atoms with Gasteiger partial charge in [0, 0.05) is 35.0 Å². The van der Waals surface area contributed by atoms with Crippen molar-refractivity contribution in [2.24, 2.45) is 5.92 Å². The molecule has 136 valence electrons. The van der Waals surface area contributed by atoms with E-state index in [2.05, 4.69) is 11.0 Å². The van der Waals surface area contributed by atoms with Gasteiger partial charge in [0.2, 0.25) is 6.79 Å². The molecule has 2 aromatic carbocycles. The van der Waals surface area contributed by atoms with E-state index in [-0.39, 0.29) is 11.7 Å². The molecule has 0 radical (unpaired) electrons. The Hall–Kier alpha value is -1.98. The Morgan fingerprint density at radius 2 is 2.04 bits per heavy atom. The van der Waals surface area contributed by atoms with Crippen molar-refractivity contribution in [3.8, 4) is 11.5 Å². The van der Waals surface area contributed by atoms with Crippen molar-refractivity contribution in [3.63, 3.8) is 0 Å². The summed E-state index contributed by atoms with van der Waals surface area (Å²) in [5, 5.41) is 0. The number of likely N-dealkylation sites (tertiary alicyclic amines) is 1. The molecule has 0 aromatic heterocycles. The number of piperidine rings is 1. The lowest BCUT2D eigenvalue weighted by Gasteiger charge is -2.32. The molecule has 0 aliphatic carbocycles. The van der Waals surface area contributed by atoms with Crippen LogP contribution in [0.2, 0.25) is 0 Å². The van der Waals surface area contributed by atoms with Crippen LogP contribution in [0.4, 0.5) is 0 Å². The fourth-order valence-electron chi connectivity index (χ4n) is 3.76. The molecular weight excluding hydrogens is 346 g/mol. The second-order valence-electron chi connectivity index (χ2n) is 6.82. The minimum atomic E-state index is 0.0674. The molecule has 0 unspecified atom stereocenters. The van der Waals surface area contributed by atoms with Crippen LogP contribution in [0.1, 0.15) is 28.8 Å². The highest BCUT2D eigenvalue weighted by atomic mass is 32.2. The molecule has 1 atom stereocenters. The molecule has 1 saturated heterocycles. The zero-order valence-corrected chi connectivity index (χ0v) is 15.8. The van der Waals surface area contributed by atoms with E-state index in [1.165, 1.54) is 4.90 Å². The van der Waals surface area contributed by atoms with Gasteiger partial charge in [-0.05, 0) is 43.8 Å². The summed E-state index contributed by atoms with van der Waals surface area (Å²) in [4.78, 5) is 16.5. The maximum absolute atomic E-state index is 12.9. The minimum Gasteiger partial charge on any atom is -0.454 e. The third-order valence-electron chi connectivity index (χ3n) is 5.12. The summed E-state index contributed by atoms with van der Waals surface area (Å²) in [5.74, 6) is 2.01. The average molecular weight is 369 g/mol. The van der Waals surface area contributed by atoms with E-state index in [0.717, 1.165) is 55.1 Å². The van der Waals surface area contributed by atoms with Gasteiger partial charge < -0.3 is 9.47 Å². The summed E-state index contributed by atoms with van der Waals surface area (Å²) in [5.41, 5.74) is 1.96. The summed E-state index contributed by atoms with van der Waals surface area (Å²) < 4.78 is 11.1. The zero-order chi connectivity index (χ0) is 17.9. The SMILES string of the molecule is CSc1ccc(C(=O)[C@@H]2CCCN(Cc3cccc4c3OCO4)C2)cc1. The summed E-state index contributed by atoms with van der Waals surface area (Å²) in [6.45, 7) is 2.90. The Morgan fingerprint density at radius 3 is 2.85 bits per heavy atom. The van der Waals surface area contributed by atoms with Gasteiger partial charge in [0.15, 0.2) is 17.3 Å². The van der Waals surface area contributed by atoms with Crippen molar-refractivity contribution in [3.05, 3.63) is 53.6 Å². The van der Waals surface area contributed by atoms with Crippen LogP contribution >= 0.6 is 11.8 Å². The third kappa shape index (κ3) is 3.60. The molecule has 0 saturated carbocycles. The lowest BCUT2D eigenvalue weighted by Crippen LogP contribution is -2.38. The zero-order valence-electron chi connectivity index (χ0n) is 14.9. The molecule has 2 aromatic rings. The van der Waals surface area contributed by atoms with Gasteiger partial charge in [-0.1, -0.05) is 24.3 Å². The van der Waals surface area contributed by atoms with Gasteiger partial charge in [-0.2, -0.15) is 0 Å². The first-order valence-corrected chi connectivity index (χ1v) is 10.2. The molecule has 26 heavy (non-hydrogen) atoms. The fraction of sp³-hybridized carbons (Fsp3) is 0.381. The number of hydrogen-bond acceptors (Lipinski definition) is 5. The second kappa shape index (κ2) is 7.72. The number of ketones is 1. The van der Waals surface area contributed by atoms with Crippen molar-refractivity contribution in [1.82, 2.24) is 4.90 Å². The predicted molar refractivity (Wildman–Crippen MR) is 103 cm³/mol. The maximum Gasteiger partial charge on any atom is 0.231 e. The van der Waals surface area contributed by atoms with Crippen LogP contribution < -0.4 is 9.47 Å². The molecule has 0 amide bonds. The van der Waals surface area contributed by atoms with Crippen LogP contribution in [0.3, 0.4) is 0 Å². The number of ether oxygens (including phenoxy) is 2. The average Bonchev–Trinajstić information content (AvgIpc) is 3.18. The Bertz CT molecular complexity index is 790. The standard InChI is InChI=1S/C21H23NO3S/c1-26-18-9-7-15(8-10-18)20(23)16-5-3-11-22(12-16)13-17-4-2-6-19-21(17)25-14-24-19/h2,4,6-10,16H,3,5,11-14H2,1H3/t16-/m1/s1. The van der Waals surface area contributed by atoms with E-state index in [0.29, 0.717) is 6.79 Å². The third-order valence-corrected chi connectivity index (χ3v) is 5.87. The lowest BCUT2D eigenvalue weighted by molar-refractivity contribution is 0.0810. The molecule has 2 heterocycles. The Labute approximate surface area is 158 Å². The van der Waals surface area contributed by atoms with Crippen LogP contribution in [0.15, 0.2) is 47.4 Å². The van der Waals surface area contributed by atoms with Gasteiger partial charge in [-0.3, -0.25) is 9.69 Å². The summed E-state index contributed by atoms with van der Waals surface area (Å²) in [6, 6.07) is 14.0. The largest absolute Gasteiger partial charge is 0.454 e. The first-order chi connectivity index (χ1) is 12.7. The first kappa shape index (κ1) is 17.4. The van der Waals surface area contributed by atoms with Crippen molar-refractivity contribution >= 4 is 17.5 Å². The Balaban J connectivity index is 1.44. The Morgan fingerprint density at radius 1 is 1.19 bits per heavy atom. The number of nitrogens with zero attached hydrogens (tertiary/aromatic N) is 1. The van der Waals surface area contributed by atoms with E-state index in [1.807, 2.05) is 42.7 Å². The van der Waals surface area contributed by atoms with Gasteiger partial charge in [0.05, 0.1) is 0 Å². The highest BCUT2D eigenvalue weighted by molar-refractivity contribution is 7.98. The second-order valence-corrected chi connectivity index (χ2v) is 7.70. The van der Waals surface area contributed by atoms with Crippen molar-refractivity contribution < 1.29 is 14.3 Å². The van der Waals surface area contributed by atoms with Crippen molar-refractivity contribution in [2.45, 2.75) is 24.3 Å². The summed E-state index contributed by atoms with van der Waals surface area (Å²) >= 11 is 1.69. The number of hydrogen-bond donors (Lipinski definition) is 0. The van der Waals surface area contributed by atoms with E-state index >= 15 is 0 Å². The summed E-state index contributed by atoms with van der Waals surface area (Å²) in [6.07, 6.45) is 4.06. The minimum absolute atomic E-state index is 0.0674. The molecule has 4 rings (SSSR count). The molecule has 2 aliphatic heterocycles. The van der Waals surface area contributed by atoms with E-state index in [9.17, 15) is 4.79 Å². The topological polar surface area (TPSA) is 38.8 Å². The van der Waals surface area contributed by atoms with Crippen LogP contribution in [0, 0.1) is 5.92 Å². The van der Waals surface area contributed by atoms with E-state index in [4.69, 9.17) is 9.47 Å². The molecule has 0 spiro atoms. The number of benzene rings is 2. The number of rotatable bonds is 5. The molecule has 4 nitrogen and oxygen atoms in total. The van der Waals surface area contributed by atoms with Crippen LogP contribution in [0.5, 0.6) is 11.5 Å². The number of carbonyl (C=O) groups excluding carboxylic acids is 1. The highest BCUT2D eigenvalue weighted by Crippen LogP contribution is 2.36. The molecular formula is C21H23NO3S. The molecule has 0 bridgehead atoms. The fourth-order valence-corrected chi connectivity index (χ4v) is 4.17. The van der Waals surface area contributed by atoms with Crippen LogP contribution in [0.25, 0.3) is 0 Å². The highest BCUT2D eigenvalue weighted by Gasteiger charge is 2.28. The van der Waals surface area contributed by atoms with Gasteiger partial charge in [-0.15, -0.1) is 11.8 Å². The monoisotopic (exact) mass is 369 g/mol. The molecule has 1 fully saturated rings. The summed E-state index contributed by atoms with van der Waals surface area (Å²) in [7, 11) is 0. The lowest BCUT2D eigenvalue weighted by atomic mass is 9.90.